The van der Waals surface area contributed by atoms with Crippen molar-refractivity contribution in [3.8, 4) is 67.9 Å². The predicted octanol–water partition coefficient (Wildman–Crippen LogP) is 13.9. The number of fused-ring (bicyclic) bond motifs is 9. The van der Waals surface area contributed by atoms with Gasteiger partial charge in [0.15, 0.2) is 17.5 Å². The molecule has 0 atom stereocenters. The molecule has 1 aliphatic carbocycles. The van der Waals surface area contributed by atoms with E-state index in [-0.39, 0.29) is 0 Å². The first-order valence-electron chi connectivity index (χ1n) is 20.4. The normalized spacial score (nSPS) is 13.3. The van der Waals surface area contributed by atoms with Crippen LogP contribution in [0.5, 0.6) is 11.5 Å². The topological polar surface area (TPSA) is 47.9 Å². The SMILES string of the molecule is c1ccc(-c2nc(-c3ccccc3)nc(-c3ccc4c(c3)-c3ccc(-c5ccc6ccc7cccc8ccc5c6c78)cc3C43c4ccccc4Oc4ccccc43)n2)cc1. The number of aromatic nitrogens is 3. The first kappa shape index (κ1) is 33.1. The van der Waals surface area contributed by atoms with Gasteiger partial charge < -0.3 is 4.74 Å². The molecule has 4 heteroatoms. The van der Waals surface area contributed by atoms with Crippen molar-refractivity contribution in [2.75, 3.05) is 0 Å². The Morgan fingerprint density at radius 1 is 0.317 bits per heavy atom. The molecule has 2 aliphatic rings. The molecule has 0 fully saturated rings. The van der Waals surface area contributed by atoms with E-state index >= 15 is 0 Å². The van der Waals surface area contributed by atoms with Gasteiger partial charge in [0.2, 0.25) is 0 Å². The fraction of sp³-hybridized carbons (Fsp3) is 0.0179. The molecular weight excluding hydrogens is 731 g/mol. The number of hydrogen-bond donors (Lipinski definition) is 0. The Bertz CT molecular complexity index is 3400. The molecule has 0 amide bonds. The van der Waals surface area contributed by atoms with Crippen LogP contribution in [0.2, 0.25) is 0 Å². The molecule has 1 aromatic heterocycles. The third kappa shape index (κ3) is 4.64. The van der Waals surface area contributed by atoms with Gasteiger partial charge in [0.25, 0.3) is 0 Å². The molecular formula is C56H33N3O. The predicted molar refractivity (Wildman–Crippen MR) is 243 cm³/mol. The van der Waals surface area contributed by atoms with Crippen LogP contribution in [0.3, 0.4) is 0 Å². The molecule has 10 aromatic carbocycles. The van der Waals surface area contributed by atoms with Crippen LogP contribution in [-0.4, -0.2) is 15.0 Å². The van der Waals surface area contributed by atoms with E-state index in [1.807, 2.05) is 36.4 Å². The van der Waals surface area contributed by atoms with Crippen molar-refractivity contribution >= 4 is 32.3 Å². The van der Waals surface area contributed by atoms with Gasteiger partial charge in [-0.3, -0.25) is 0 Å². The second kappa shape index (κ2) is 12.5. The van der Waals surface area contributed by atoms with Crippen molar-refractivity contribution in [3.63, 3.8) is 0 Å². The first-order chi connectivity index (χ1) is 29.7. The van der Waals surface area contributed by atoms with Crippen LogP contribution in [0.15, 0.2) is 200 Å². The van der Waals surface area contributed by atoms with Crippen molar-refractivity contribution in [1.29, 1.82) is 0 Å². The van der Waals surface area contributed by atoms with Gasteiger partial charge in [-0.1, -0.05) is 176 Å². The number of para-hydroxylation sites is 2. The lowest BCUT2D eigenvalue weighted by Gasteiger charge is -2.39. The Morgan fingerprint density at radius 3 is 1.52 bits per heavy atom. The quantitative estimate of drug-likeness (QED) is 0.168. The van der Waals surface area contributed by atoms with E-state index in [0.717, 1.165) is 44.9 Å². The second-order valence-electron chi connectivity index (χ2n) is 15.9. The van der Waals surface area contributed by atoms with Gasteiger partial charge in [0.05, 0.1) is 5.41 Å². The van der Waals surface area contributed by atoms with Crippen LogP contribution in [0.25, 0.3) is 88.7 Å². The highest BCUT2D eigenvalue weighted by molar-refractivity contribution is 6.25. The van der Waals surface area contributed by atoms with Crippen molar-refractivity contribution in [3.05, 3.63) is 222 Å². The van der Waals surface area contributed by atoms with Crippen molar-refractivity contribution < 1.29 is 4.74 Å². The summed E-state index contributed by atoms with van der Waals surface area (Å²) in [6, 6.07) is 71.5. The summed E-state index contributed by atoms with van der Waals surface area (Å²) in [5.74, 6) is 3.64. The van der Waals surface area contributed by atoms with E-state index in [9.17, 15) is 0 Å². The van der Waals surface area contributed by atoms with Crippen LogP contribution in [0.4, 0.5) is 0 Å². The lowest BCUT2D eigenvalue weighted by Crippen LogP contribution is -2.32. The fourth-order valence-electron chi connectivity index (χ4n) is 10.1. The lowest BCUT2D eigenvalue weighted by atomic mass is 9.66. The highest BCUT2D eigenvalue weighted by Crippen LogP contribution is 2.63. The largest absolute Gasteiger partial charge is 0.457 e. The van der Waals surface area contributed by atoms with Gasteiger partial charge in [-0.05, 0) is 90.0 Å². The van der Waals surface area contributed by atoms with Crippen LogP contribution in [0.1, 0.15) is 22.3 Å². The zero-order valence-electron chi connectivity index (χ0n) is 32.3. The summed E-state index contributed by atoms with van der Waals surface area (Å²) in [4.78, 5) is 15.2. The third-order valence-electron chi connectivity index (χ3n) is 12.7. The van der Waals surface area contributed by atoms with Crippen LogP contribution in [0, 0.1) is 0 Å². The molecule has 1 aliphatic heterocycles. The zero-order valence-corrected chi connectivity index (χ0v) is 32.3. The number of ether oxygens (including phenoxy) is 1. The average molecular weight is 764 g/mol. The molecule has 278 valence electrons. The Hall–Kier alpha value is -7.95. The maximum atomic E-state index is 6.71. The average Bonchev–Trinajstić information content (AvgIpc) is 3.60. The molecule has 1 spiro atoms. The minimum Gasteiger partial charge on any atom is -0.457 e. The molecule has 0 N–H and O–H groups in total. The van der Waals surface area contributed by atoms with E-state index in [1.54, 1.807) is 0 Å². The van der Waals surface area contributed by atoms with Crippen molar-refractivity contribution in [2.24, 2.45) is 0 Å². The standard InChI is InChI=1S/C56H33N3O/c1-3-12-37(13-4-1)53-57-54(38-14-5-2-6-15-38)59-55(58-53)40-27-31-45-44(32-40)42-29-26-39(41-28-24-36-23-22-34-16-11-17-35-25-30-43(41)52(36)51(34)35)33-48(42)56(45)46-18-7-9-20-49(46)60-50-21-10-8-19-47(50)56/h1-33H. The molecule has 0 radical (unpaired) electrons. The zero-order chi connectivity index (χ0) is 39.4. The molecule has 4 nitrogen and oxygen atoms in total. The van der Waals surface area contributed by atoms with Gasteiger partial charge in [-0.25, -0.2) is 15.0 Å². The first-order valence-corrected chi connectivity index (χ1v) is 20.4. The van der Waals surface area contributed by atoms with Crippen molar-refractivity contribution in [2.45, 2.75) is 5.41 Å². The van der Waals surface area contributed by atoms with Gasteiger partial charge in [0.1, 0.15) is 11.5 Å². The van der Waals surface area contributed by atoms with E-state index in [2.05, 4.69) is 164 Å². The molecule has 0 bridgehead atoms. The summed E-state index contributed by atoms with van der Waals surface area (Å²) < 4.78 is 6.71. The summed E-state index contributed by atoms with van der Waals surface area (Å²) in [6.07, 6.45) is 0. The molecule has 60 heavy (non-hydrogen) atoms. The summed E-state index contributed by atoms with van der Waals surface area (Å²) >= 11 is 0. The van der Waals surface area contributed by atoms with Gasteiger partial charge in [0, 0.05) is 27.8 Å². The second-order valence-corrected chi connectivity index (χ2v) is 15.9. The number of hydrogen-bond acceptors (Lipinski definition) is 4. The van der Waals surface area contributed by atoms with Crippen LogP contribution >= 0.6 is 0 Å². The number of rotatable bonds is 4. The molecule has 13 rings (SSSR count). The van der Waals surface area contributed by atoms with Gasteiger partial charge in [-0.2, -0.15) is 0 Å². The minimum atomic E-state index is -0.641. The minimum absolute atomic E-state index is 0.631. The van der Waals surface area contributed by atoms with E-state index in [4.69, 9.17) is 19.7 Å². The molecule has 0 unspecified atom stereocenters. The van der Waals surface area contributed by atoms with Gasteiger partial charge in [-0.15, -0.1) is 0 Å². The fourth-order valence-corrected chi connectivity index (χ4v) is 10.1. The van der Waals surface area contributed by atoms with Crippen LogP contribution in [-0.2, 0) is 5.41 Å². The Balaban J connectivity index is 1.08. The molecule has 0 saturated heterocycles. The van der Waals surface area contributed by atoms with Gasteiger partial charge >= 0.3 is 0 Å². The smallest absolute Gasteiger partial charge is 0.164 e. The third-order valence-corrected chi connectivity index (χ3v) is 12.7. The maximum absolute atomic E-state index is 6.71. The van der Waals surface area contributed by atoms with E-state index in [0.29, 0.717) is 17.5 Å². The number of benzene rings is 10. The van der Waals surface area contributed by atoms with E-state index in [1.165, 1.54) is 60.1 Å². The molecule has 11 aromatic rings. The monoisotopic (exact) mass is 763 g/mol. The van der Waals surface area contributed by atoms with Crippen molar-refractivity contribution in [1.82, 2.24) is 15.0 Å². The highest BCUT2D eigenvalue weighted by Gasteiger charge is 2.51. The Labute approximate surface area is 346 Å². The lowest BCUT2D eigenvalue weighted by molar-refractivity contribution is 0.436. The molecule has 2 heterocycles. The maximum Gasteiger partial charge on any atom is 0.164 e. The summed E-state index contributed by atoms with van der Waals surface area (Å²) in [6.45, 7) is 0. The van der Waals surface area contributed by atoms with Crippen LogP contribution < -0.4 is 4.74 Å². The highest BCUT2D eigenvalue weighted by atomic mass is 16.5. The number of nitrogens with zero attached hydrogens (tertiary/aromatic N) is 3. The van der Waals surface area contributed by atoms with E-state index < -0.39 is 5.41 Å². The Kier molecular flexibility index (Phi) is 6.90. The Morgan fingerprint density at radius 2 is 0.850 bits per heavy atom. The summed E-state index contributed by atoms with van der Waals surface area (Å²) in [7, 11) is 0. The summed E-state index contributed by atoms with van der Waals surface area (Å²) in [5, 5.41) is 7.68. The summed E-state index contributed by atoms with van der Waals surface area (Å²) in [5.41, 5.74) is 11.6. The molecule has 0 saturated carbocycles.